The van der Waals surface area contributed by atoms with Crippen LogP contribution in [0.2, 0.25) is 0 Å². The van der Waals surface area contributed by atoms with Crippen LogP contribution in [0.25, 0.3) is 0 Å². The Morgan fingerprint density at radius 1 is 1.03 bits per heavy atom. The van der Waals surface area contributed by atoms with E-state index in [1.54, 1.807) is 0 Å². The third kappa shape index (κ3) is 5.76. The summed E-state index contributed by atoms with van der Waals surface area (Å²) in [4.78, 5) is 20.6. The zero-order valence-electron chi connectivity index (χ0n) is 19.5. The van der Waals surface area contributed by atoms with Crippen LogP contribution in [-0.4, -0.2) is 85.1 Å². The molecule has 3 heterocycles. The quantitative estimate of drug-likeness (QED) is 0.428. The Bertz CT molecular complexity index is 834. The molecule has 2 aliphatic heterocycles. The van der Waals surface area contributed by atoms with Gasteiger partial charge >= 0.3 is 0 Å². The van der Waals surface area contributed by atoms with Crippen molar-refractivity contribution in [2.75, 3.05) is 64.3 Å². The molecular weight excluding hydrogens is 398 g/mol. The number of aliphatic imine (C=N–C) groups is 1. The molecule has 32 heavy (non-hydrogen) atoms. The molecule has 1 N–H and O–H groups in total. The van der Waals surface area contributed by atoms with E-state index in [0.717, 1.165) is 70.7 Å². The van der Waals surface area contributed by atoms with Crippen molar-refractivity contribution in [3.8, 4) is 0 Å². The average molecular weight is 436 g/mol. The topological polar surface area (TPSA) is 59.9 Å². The van der Waals surface area contributed by atoms with Crippen molar-refractivity contribution in [3.05, 3.63) is 54.4 Å². The van der Waals surface area contributed by atoms with Gasteiger partial charge in [-0.05, 0) is 42.9 Å². The van der Waals surface area contributed by atoms with E-state index in [-0.39, 0.29) is 0 Å². The number of piperazine rings is 1. The minimum absolute atomic E-state index is 0.620. The van der Waals surface area contributed by atoms with Crippen LogP contribution in [0.1, 0.15) is 31.2 Å². The summed E-state index contributed by atoms with van der Waals surface area (Å²) < 4.78 is 0. The fourth-order valence-electron chi connectivity index (χ4n) is 4.99. The van der Waals surface area contributed by atoms with Crippen molar-refractivity contribution in [1.29, 1.82) is 0 Å². The van der Waals surface area contributed by atoms with Gasteiger partial charge in [0.15, 0.2) is 5.96 Å². The van der Waals surface area contributed by atoms with Crippen LogP contribution < -0.4 is 10.2 Å². The number of likely N-dealkylation sites (tertiary alicyclic amines) is 1. The molecule has 0 amide bonds. The summed E-state index contributed by atoms with van der Waals surface area (Å²) in [5.74, 6) is 3.16. The van der Waals surface area contributed by atoms with Crippen LogP contribution in [-0.2, 0) is 0 Å². The molecule has 0 bridgehead atoms. The van der Waals surface area contributed by atoms with Gasteiger partial charge in [0.05, 0.1) is 0 Å². The largest absolute Gasteiger partial charge is 0.356 e. The molecule has 4 rings (SSSR count). The number of guanidine groups is 1. The Labute approximate surface area is 192 Å². The van der Waals surface area contributed by atoms with Crippen molar-refractivity contribution in [1.82, 2.24) is 25.1 Å². The highest BCUT2D eigenvalue weighted by Gasteiger charge is 2.28. The molecule has 2 unspecified atom stereocenters. The van der Waals surface area contributed by atoms with E-state index < -0.39 is 0 Å². The Balaban J connectivity index is 1.16. The first-order valence-electron chi connectivity index (χ1n) is 12.0. The smallest absolute Gasteiger partial charge is 0.225 e. The van der Waals surface area contributed by atoms with Crippen molar-refractivity contribution < 1.29 is 0 Å². The Morgan fingerprint density at radius 2 is 1.78 bits per heavy atom. The van der Waals surface area contributed by atoms with Crippen LogP contribution in [0.3, 0.4) is 0 Å². The minimum Gasteiger partial charge on any atom is -0.356 e. The molecule has 2 aliphatic rings. The minimum atomic E-state index is 0.620. The summed E-state index contributed by atoms with van der Waals surface area (Å²) in [5, 5.41) is 3.61. The number of rotatable bonds is 6. The molecular formula is C25H37N7. The summed E-state index contributed by atoms with van der Waals surface area (Å²) in [6.07, 6.45) is 5.94. The first-order chi connectivity index (χ1) is 15.7. The fraction of sp³-hybridized carbons (Fsp3) is 0.560. The van der Waals surface area contributed by atoms with Gasteiger partial charge in [0.25, 0.3) is 0 Å². The second kappa shape index (κ2) is 11.3. The predicted molar refractivity (Wildman–Crippen MR) is 131 cm³/mol. The molecule has 0 saturated carbocycles. The van der Waals surface area contributed by atoms with Gasteiger partial charge in [-0.15, -0.1) is 0 Å². The van der Waals surface area contributed by atoms with E-state index in [4.69, 9.17) is 0 Å². The van der Waals surface area contributed by atoms with Gasteiger partial charge in [-0.25, -0.2) is 9.97 Å². The number of nitrogens with zero attached hydrogens (tertiary/aromatic N) is 6. The highest BCUT2D eigenvalue weighted by molar-refractivity contribution is 5.80. The summed E-state index contributed by atoms with van der Waals surface area (Å²) in [7, 11) is 1.90. The lowest BCUT2D eigenvalue weighted by Crippen LogP contribution is -2.49. The van der Waals surface area contributed by atoms with E-state index in [2.05, 4.69) is 72.2 Å². The van der Waals surface area contributed by atoms with Gasteiger partial charge in [0.2, 0.25) is 5.95 Å². The third-order valence-electron chi connectivity index (χ3n) is 6.79. The first-order valence-corrected chi connectivity index (χ1v) is 12.0. The maximum atomic E-state index is 4.57. The Hall–Kier alpha value is -2.67. The highest BCUT2D eigenvalue weighted by Crippen LogP contribution is 2.32. The van der Waals surface area contributed by atoms with Gasteiger partial charge < -0.3 is 15.1 Å². The monoisotopic (exact) mass is 435 g/mol. The van der Waals surface area contributed by atoms with E-state index in [0.29, 0.717) is 11.8 Å². The molecule has 0 radical (unpaired) electrons. The zero-order valence-corrected chi connectivity index (χ0v) is 19.5. The summed E-state index contributed by atoms with van der Waals surface area (Å²) in [6, 6.07) is 12.8. The molecule has 2 saturated heterocycles. The van der Waals surface area contributed by atoms with Crippen molar-refractivity contribution >= 4 is 11.9 Å². The van der Waals surface area contributed by atoms with Crippen LogP contribution in [0, 0.1) is 5.92 Å². The van der Waals surface area contributed by atoms with Gasteiger partial charge in [0.1, 0.15) is 0 Å². The maximum absolute atomic E-state index is 4.57. The fourth-order valence-corrected chi connectivity index (χ4v) is 4.99. The number of aromatic nitrogens is 2. The number of hydrogen-bond donors (Lipinski definition) is 1. The van der Waals surface area contributed by atoms with Crippen LogP contribution in [0.4, 0.5) is 5.95 Å². The zero-order chi connectivity index (χ0) is 22.2. The lowest BCUT2D eigenvalue weighted by atomic mass is 9.82. The van der Waals surface area contributed by atoms with E-state index in [9.17, 15) is 0 Å². The maximum Gasteiger partial charge on any atom is 0.225 e. The lowest BCUT2D eigenvalue weighted by Gasteiger charge is -2.39. The van der Waals surface area contributed by atoms with E-state index >= 15 is 0 Å². The number of nitrogens with one attached hydrogen (secondary N) is 1. The molecule has 7 heteroatoms. The number of anilines is 1. The standard InChI is InChI=1S/C25H37N7/c1-21-20-32(15-10-23(21)22-8-4-3-5-9-22)24(26-2)27-13-7-14-30-16-18-31(19-17-30)25-28-11-6-12-29-25/h3-6,8-9,11-12,21,23H,7,10,13-20H2,1-2H3,(H,26,27). The summed E-state index contributed by atoms with van der Waals surface area (Å²) in [6.45, 7) is 10.7. The number of benzene rings is 1. The van der Waals surface area contributed by atoms with Crippen molar-refractivity contribution in [2.24, 2.45) is 10.9 Å². The predicted octanol–water partition coefficient (Wildman–Crippen LogP) is 2.69. The summed E-state index contributed by atoms with van der Waals surface area (Å²) in [5.41, 5.74) is 1.47. The van der Waals surface area contributed by atoms with Gasteiger partial charge in [0, 0.05) is 65.3 Å². The summed E-state index contributed by atoms with van der Waals surface area (Å²) >= 11 is 0. The van der Waals surface area contributed by atoms with Crippen molar-refractivity contribution in [3.63, 3.8) is 0 Å². The SMILES string of the molecule is CN=C(NCCCN1CCN(c2ncccn2)CC1)N1CCC(c2ccccc2)C(C)C1. The second-order valence-corrected chi connectivity index (χ2v) is 8.93. The normalized spacial score (nSPS) is 22.8. The van der Waals surface area contributed by atoms with Gasteiger partial charge in [-0.3, -0.25) is 9.89 Å². The third-order valence-corrected chi connectivity index (χ3v) is 6.79. The molecule has 2 fully saturated rings. The molecule has 1 aromatic heterocycles. The van der Waals surface area contributed by atoms with Crippen molar-refractivity contribution in [2.45, 2.75) is 25.7 Å². The van der Waals surface area contributed by atoms with Gasteiger partial charge in [-0.2, -0.15) is 0 Å². The van der Waals surface area contributed by atoms with Crippen LogP contribution in [0.15, 0.2) is 53.8 Å². The highest BCUT2D eigenvalue weighted by atomic mass is 15.3. The molecule has 0 spiro atoms. The second-order valence-electron chi connectivity index (χ2n) is 8.93. The van der Waals surface area contributed by atoms with E-state index in [1.807, 2.05) is 25.5 Å². The molecule has 1 aromatic carbocycles. The molecule has 0 aliphatic carbocycles. The first kappa shape index (κ1) is 22.5. The number of piperidine rings is 1. The Kier molecular flexibility index (Phi) is 7.93. The molecule has 172 valence electrons. The number of hydrogen-bond acceptors (Lipinski definition) is 5. The molecule has 2 atom stereocenters. The van der Waals surface area contributed by atoms with Gasteiger partial charge in [-0.1, -0.05) is 37.3 Å². The molecule has 7 nitrogen and oxygen atoms in total. The lowest BCUT2D eigenvalue weighted by molar-refractivity contribution is 0.232. The van der Waals surface area contributed by atoms with E-state index in [1.165, 1.54) is 12.0 Å². The van der Waals surface area contributed by atoms with Crippen LogP contribution >= 0.6 is 0 Å². The Morgan fingerprint density at radius 3 is 2.47 bits per heavy atom. The van der Waals surface area contributed by atoms with Crippen LogP contribution in [0.5, 0.6) is 0 Å². The molecule has 2 aromatic rings. The average Bonchev–Trinajstić information content (AvgIpc) is 2.85.